The van der Waals surface area contributed by atoms with Gasteiger partial charge >= 0.3 is 0 Å². The lowest BCUT2D eigenvalue weighted by molar-refractivity contribution is -0.130. The number of hydrazone groups is 1. The molecule has 0 bridgehead atoms. The minimum absolute atomic E-state index is 0.190. The molecule has 0 spiro atoms. The van der Waals surface area contributed by atoms with E-state index in [0.717, 1.165) is 12.8 Å². The maximum Gasteiger partial charge on any atom is 0.269 e. The predicted octanol–water partition coefficient (Wildman–Crippen LogP) is 0.711. The summed E-state index contributed by atoms with van der Waals surface area (Å²) in [6, 6.07) is 5.49. The third-order valence-corrected chi connectivity index (χ3v) is 2.28. The molecular weight excluding hydrogens is 206 g/mol. The van der Waals surface area contributed by atoms with E-state index in [0.29, 0.717) is 12.3 Å². The number of aromatic nitrogens is 1. The van der Waals surface area contributed by atoms with Crippen LogP contribution in [-0.4, -0.2) is 29.8 Å². The summed E-state index contributed by atoms with van der Waals surface area (Å²) in [5, 5.41) is 3.82. The standard InChI is InChI=1S/C11H13N3O2/c15-11(10-5-3-7-16-10)14-13-8-9-4-1-2-6-12-9/h1-2,4,6,8,10H,3,5,7H2,(H,14,15)/b13-8-/t10-/m0/s1. The summed E-state index contributed by atoms with van der Waals surface area (Å²) in [5.74, 6) is -0.190. The van der Waals surface area contributed by atoms with Gasteiger partial charge in [0.25, 0.3) is 5.91 Å². The Morgan fingerprint density at radius 1 is 1.62 bits per heavy atom. The van der Waals surface area contributed by atoms with Crippen molar-refractivity contribution in [2.75, 3.05) is 6.61 Å². The number of nitrogens with one attached hydrogen (secondary N) is 1. The van der Waals surface area contributed by atoms with Crippen LogP contribution in [0.1, 0.15) is 18.5 Å². The van der Waals surface area contributed by atoms with E-state index in [4.69, 9.17) is 4.74 Å². The Morgan fingerprint density at radius 2 is 2.56 bits per heavy atom. The first-order valence-electron chi connectivity index (χ1n) is 5.22. The zero-order valence-electron chi connectivity index (χ0n) is 8.80. The maximum absolute atomic E-state index is 11.5. The average Bonchev–Trinajstić information content (AvgIpc) is 2.84. The van der Waals surface area contributed by atoms with Crippen molar-refractivity contribution >= 4 is 12.1 Å². The van der Waals surface area contributed by atoms with E-state index in [1.54, 1.807) is 6.20 Å². The Balaban J connectivity index is 1.82. The average molecular weight is 219 g/mol. The summed E-state index contributed by atoms with van der Waals surface area (Å²) in [6.45, 7) is 0.655. The summed E-state index contributed by atoms with van der Waals surface area (Å²) in [4.78, 5) is 15.5. The molecule has 1 saturated heterocycles. The molecule has 2 heterocycles. The quantitative estimate of drug-likeness (QED) is 0.601. The van der Waals surface area contributed by atoms with Gasteiger partial charge in [-0.25, -0.2) is 5.43 Å². The van der Waals surface area contributed by atoms with Crippen LogP contribution in [0.4, 0.5) is 0 Å². The van der Waals surface area contributed by atoms with Crippen molar-refractivity contribution in [2.24, 2.45) is 5.10 Å². The fourth-order valence-electron chi connectivity index (χ4n) is 1.47. The molecule has 2 rings (SSSR count). The summed E-state index contributed by atoms with van der Waals surface area (Å²) in [6.07, 6.45) is 4.53. The van der Waals surface area contributed by atoms with Gasteiger partial charge < -0.3 is 4.74 Å². The number of nitrogens with zero attached hydrogens (tertiary/aromatic N) is 2. The second-order valence-electron chi connectivity index (χ2n) is 3.49. The fourth-order valence-corrected chi connectivity index (χ4v) is 1.47. The van der Waals surface area contributed by atoms with Crippen molar-refractivity contribution in [3.05, 3.63) is 30.1 Å². The van der Waals surface area contributed by atoms with Gasteiger partial charge in [0.05, 0.1) is 11.9 Å². The van der Waals surface area contributed by atoms with Crippen molar-refractivity contribution in [2.45, 2.75) is 18.9 Å². The Labute approximate surface area is 93.5 Å². The van der Waals surface area contributed by atoms with E-state index in [1.165, 1.54) is 6.21 Å². The van der Waals surface area contributed by atoms with Crippen LogP contribution in [0.5, 0.6) is 0 Å². The van der Waals surface area contributed by atoms with E-state index < -0.39 is 0 Å². The molecular formula is C11H13N3O2. The van der Waals surface area contributed by atoms with Crippen molar-refractivity contribution < 1.29 is 9.53 Å². The largest absolute Gasteiger partial charge is 0.368 e. The molecule has 1 aromatic heterocycles. The second kappa shape index (κ2) is 5.37. The zero-order chi connectivity index (χ0) is 11.2. The highest BCUT2D eigenvalue weighted by molar-refractivity contribution is 5.83. The number of rotatable bonds is 3. The number of amides is 1. The molecule has 1 aliphatic heterocycles. The molecule has 0 saturated carbocycles. The molecule has 0 radical (unpaired) electrons. The molecule has 1 atom stereocenters. The number of ether oxygens (including phenoxy) is 1. The summed E-state index contributed by atoms with van der Waals surface area (Å²) in [7, 11) is 0. The topological polar surface area (TPSA) is 63.6 Å². The van der Waals surface area contributed by atoms with Crippen LogP contribution < -0.4 is 5.43 Å². The van der Waals surface area contributed by atoms with Crippen LogP contribution in [0.2, 0.25) is 0 Å². The molecule has 1 fully saturated rings. The minimum Gasteiger partial charge on any atom is -0.368 e. The van der Waals surface area contributed by atoms with E-state index in [1.807, 2.05) is 18.2 Å². The van der Waals surface area contributed by atoms with Gasteiger partial charge in [0.15, 0.2) is 0 Å². The molecule has 1 aliphatic rings. The summed E-state index contributed by atoms with van der Waals surface area (Å²) in [5.41, 5.74) is 3.14. The lowest BCUT2D eigenvalue weighted by Gasteiger charge is -2.05. The lowest BCUT2D eigenvalue weighted by Crippen LogP contribution is -2.30. The van der Waals surface area contributed by atoms with Gasteiger partial charge in [0.1, 0.15) is 6.10 Å². The summed E-state index contributed by atoms with van der Waals surface area (Å²) >= 11 is 0. The van der Waals surface area contributed by atoms with Crippen molar-refractivity contribution in [1.29, 1.82) is 0 Å². The molecule has 84 valence electrons. The minimum atomic E-state index is -0.346. The van der Waals surface area contributed by atoms with Crippen molar-refractivity contribution in [1.82, 2.24) is 10.4 Å². The van der Waals surface area contributed by atoms with Crippen LogP contribution in [0, 0.1) is 0 Å². The van der Waals surface area contributed by atoms with Crippen molar-refractivity contribution in [3.8, 4) is 0 Å². The fraction of sp³-hybridized carbons (Fsp3) is 0.364. The van der Waals surface area contributed by atoms with Gasteiger partial charge in [-0.1, -0.05) is 6.07 Å². The van der Waals surface area contributed by atoms with E-state index in [9.17, 15) is 4.79 Å². The zero-order valence-corrected chi connectivity index (χ0v) is 8.80. The molecule has 0 unspecified atom stereocenters. The Bertz CT molecular complexity index is 372. The van der Waals surface area contributed by atoms with Crippen LogP contribution in [0.3, 0.4) is 0 Å². The van der Waals surface area contributed by atoms with E-state index in [-0.39, 0.29) is 12.0 Å². The lowest BCUT2D eigenvalue weighted by atomic mass is 10.2. The first-order valence-corrected chi connectivity index (χ1v) is 5.22. The monoisotopic (exact) mass is 219 g/mol. The van der Waals surface area contributed by atoms with Crippen LogP contribution >= 0.6 is 0 Å². The van der Waals surface area contributed by atoms with Crippen LogP contribution in [-0.2, 0) is 9.53 Å². The Kier molecular flexibility index (Phi) is 3.61. The molecule has 16 heavy (non-hydrogen) atoms. The van der Waals surface area contributed by atoms with Gasteiger partial charge in [-0.3, -0.25) is 9.78 Å². The van der Waals surface area contributed by atoms with Gasteiger partial charge in [-0.2, -0.15) is 5.10 Å². The Morgan fingerprint density at radius 3 is 3.25 bits per heavy atom. The van der Waals surface area contributed by atoms with Gasteiger partial charge in [-0.05, 0) is 25.0 Å². The first kappa shape index (κ1) is 10.8. The van der Waals surface area contributed by atoms with Gasteiger partial charge in [0, 0.05) is 12.8 Å². The van der Waals surface area contributed by atoms with Gasteiger partial charge in [-0.15, -0.1) is 0 Å². The van der Waals surface area contributed by atoms with E-state index >= 15 is 0 Å². The number of carbonyl (C=O) groups is 1. The summed E-state index contributed by atoms with van der Waals surface area (Å²) < 4.78 is 5.22. The normalized spacial score (nSPS) is 20.1. The molecule has 0 aliphatic carbocycles. The molecule has 0 aromatic carbocycles. The predicted molar refractivity (Wildman–Crippen MR) is 58.9 cm³/mol. The molecule has 5 heteroatoms. The highest BCUT2D eigenvalue weighted by Gasteiger charge is 2.22. The maximum atomic E-state index is 11.5. The third kappa shape index (κ3) is 2.87. The Hall–Kier alpha value is -1.75. The third-order valence-electron chi connectivity index (χ3n) is 2.28. The number of carbonyl (C=O) groups excluding carboxylic acids is 1. The number of hydrogen-bond acceptors (Lipinski definition) is 4. The number of hydrogen-bond donors (Lipinski definition) is 1. The van der Waals surface area contributed by atoms with Gasteiger partial charge in [0.2, 0.25) is 0 Å². The molecule has 5 nitrogen and oxygen atoms in total. The SMILES string of the molecule is O=C(N/N=C\c1ccccn1)[C@@H]1CCCO1. The molecule has 1 amide bonds. The highest BCUT2D eigenvalue weighted by atomic mass is 16.5. The number of pyridine rings is 1. The van der Waals surface area contributed by atoms with Crippen LogP contribution in [0.15, 0.2) is 29.5 Å². The molecule has 1 aromatic rings. The molecule has 1 N–H and O–H groups in total. The van der Waals surface area contributed by atoms with Crippen LogP contribution in [0.25, 0.3) is 0 Å². The smallest absolute Gasteiger partial charge is 0.269 e. The highest BCUT2D eigenvalue weighted by Crippen LogP contribution is 2.11. The second-order valence-corrected chi connectivity index (χ2v) is 3.49. The van der Waals surface area contributed by atoms with E-state index in [2.05, 4.69) is 15.5 Å². The van der Waals surface area contributed by atoms with Crippen molar-refractivity contribution in [3.63, 3.8) is 0 Å². The first-order chi connectivity index (χ1) is 7.86.